The number of benzene rings is 2. The molecule has 0 aromatic heterocycles. The van der Waals surface area contributed by atoms with Crippen LogP contribution in [-0.2, 0) is 9.59 Å². The second-order valence-electron chi connectivity index (χ2n) is 6.19. The maximum atomic E-state index is 12.3. The monoisotopic (exact) mass is 429 g/mol. The molecule has 2 amide bonds. The van der Waals surface area contributed by atoms with Crippen molar-refractivity contribution in [2.75, 3.05) is 6.54 Å². The second-order valence-corrected chi connectivity index (χ2v) is 7.47. The van der Waals surface area contributed by atoms with E-state index in [1.54, 1.807) is 18.2 Å². The highest BCUT2D eigenvalue weighted by atomic mass is 32.2. The highest BCUT2D eigenvalue weighted by molar-refractivity contribution is 8.00. The summed E-state index contributed by atoms with van der Waals surface area (Å²) in [6.45, 7) is -0.260. The Bertz CT molecular complexity index is 916. The lowest BCUT2D eigenvalue weighted by Gasteiger charge is -2.18. The molecule has 7 N–H and O–H groups in total. The Kier molecular flexibility index (Phi) is 8.70. The molecule has 0 aliphatic heterocycles. The van der Waals surface area contributed by atoms with Gasteiger partial charge in [-0.1, -0.05) is 24.3 Å². The van der Waals surface area contributed by atoms with Crippen LogP contribution in [0.3, 0.4) is 0 Å². The minimum absolute atomic E-state index is 0.0886. The number of amides is 2. The number of nitrogens with zero attached hydrogens (tertiary/aromatic N) is 1. The molecule has 0 aliphatic carbocycles. The largest absolute Gasteiger partial charge is 0.481 e. The Morgan fingerprint density at radius 2 is 1.80 bits per heavy atom. The van der Waals surface area contributed by atoms with Crippen LogP contribution in [0.25, 0.3) is 0 Å². The molecule has 1 atom stereocenters. The molecule has 0 bridgehead atoms. The minimum Gasteiger partial charge on any atom is -0.481 e. The number of carbonyl (C=O) groups excluding carboxylic acids is 2. The smallest absolute Gasteiger partial charge is 0.303 e. The number of guanidine groups is 1. The molecule has 0 heterocycles. The lowest BCUT2D eigenvalue weighted by atomic mass is 10.2. The molecule has 0 aliphatic rings. The normalized spacial score (nSPS) is 11.2. The topological polar surface area (TPSA) is 160 Å². The van der Waals surface area contributed by atoms with Crippen LogP contribution < -0.4 is 22.1 Å². The number of nitrogens with two attached hydrogens (primary N) is 2. The van der Waals surface area contributed by atoms with Gasteiger partial charge in [-0.15, -0.1) is 11.8 Å². The van der Waals surface area contributed by atoms with Gasteiger partial charge in [0.1, 0.15) is 0 Å². The molecular weight excluding hydrogens is 406 g/mol. The van der Waals surface area contributed by atoms with Gasteiger partial charge in [0, 0.05) is 16.9 Å². The standard InChI is InChI=1S/C20H23N5O4S/c21-20(22)24-14-6-4-5-13(11-14)19(29)23-12-16(26)25-17(9-10-18(27)28)30-15-7-2-1-3-8-15/h1-8,11,17H,9-10,12H2,(H,23,29)(H,25,26)(H,27,28)(H4,21,22,24). The van der Waals surface area contributed by atoms with Gasteiger partial charge in [0.2, 0.25) is 5.91 Å². The maximum Gasteiger partial charge on any atom is 0.303 e. The van der Waals surface area contributed by atoms with Crippen molar-refractivity contribution in [3.05, 3.63) is 60.2 Å². The molecule has 2 aromatic carbocycles. The molecule has 0 spiro atoms. The Balaban J connectivity index is 1.93. The van der Waals surface area contributed by atoms with Gasteiger partial charge >= 0.3 is 5.97 Å². The maximum absolute atomic E-state index is 12.3. The molecule has 158 valence electrons. The van der Waals surface area contributed by atoms with Crippen molar-refractivity contribution in [3.63, 3.8) is 0 Å². The fourth-order valence-corrected chi connectivity index (χ4v) is 3.51. The van der Waals surface area contributed by atoms with Crippen LogP contribution in [0.15, 0.2) is 64.5 Å². The van der Waals surface area contributed by atoms with E-state index in [4.69, 9.17) is 16.6 Å². The SMILES string of the molecule is NC(N)=Nc1cccc(C(=O)NCC(=O)NC(CCC(=O)O)Sc2ccccc2)c1. The zero-order valence-corrected chi connectivity index (χ0v) is 16.9. The summed E-state index contributed by atoms with van der Waals surface area (Å²) >= 11 is 1.35. The van der Waals surface area contributed by atoms with E-state index in [0.717, 1.165) is 4.90 Å². The molecule has 0 radical (unpaired) electrons. The van der Waals surface area contributed by atoms with Crippen molar-refractivity contribution in [2.24, 2.45) is 16.5 Å². The summed E-state index contributed by atoms with van der Waals surface area (Å²) in [6.07, 6.45) is 0.157. The van der Waals surface area contributed by atoms with E-state index in [-0.39, 0.29) is 25.3 Å². The van der Waals surface area contributed by atoms with Crippen LogP contribution in [-0.4, -0.2) is 40.8 Å². The van der Waals surface area contributed by atoms with Crippen LogP contribution in [0.2, 0.25) is 0 Å². The molecule has 10 heteroatoms. The van der Waals surface area contributed by atoms with Gasteiger partial charge in [-0.2, -0.15) is 0 Å². The highest BCUT2D eigenvalue weighted by Crippen LogP contribution is 2.24. The number of rotatable bonds is 10. The summed E-state index contributed by atoms with van der Waals surface area (Å²) in [6, 6.07) is 15.6. The van der Waals surface area contributed by atoms with Gasteiger partial charge in [-0.05, 0) is 36.8 Å². The Hall–Kier alpha value is -3.53. The van der Waals surface area contributed by atoms with Gasteiger partial charge in [0.25, 0.3) is 5.91 Å². The third kappa shape index (κ3) is 8.23. The van der Waals surface area contributed by atoms with Crippen molar-refractivity contribution in [1.82, 2.24) is 10.6 Å². The molecular formula is C20H23N5O4S. The number of carboxylic acids is 1. The molecule has 0 saturated heterocycles. The molecule has 9 nitrogen and oxygen atoms in total. The van der Waals surface area contributed by atoms with Gasteiger partial charge in [-0.25, -0.2) is 4.99 Å². The number of carbonyl (C=O) groups is 3. The Morgan fingerprint density at radius 3 is 2.47 bits per heavy atom. The molecule has 1 unspecified atom stereocenters. The fourth-order valence-electron chi connectivity index (χ4n) is 2.44. The Labute approximate surface area is 177 Å². The average molecular weight is 430 g/mol. The minimum atomic E-state index is -0.947. The van der Waals surface area contributed by atoms with Crippen LogP contribution in [0.4, 0.5) is 5.69 Å². The summed E-state index contributed by atoms with van der Waals surface area (Å²) in [4.78, 5) is 40.3. The quantitative estimate of drug-likeness (QED) is 0.165. The molecule has 2 aromatic rings. The van der Waals surface area contributed by atoms with Crippen LogP contribution in [0.5, 0.6) is 0 Å². The lowest BCUT2D eigenvalue weighted by molar-refractivity contribution is -0.137. The summed E-state index contributed by atoms with van der Waals surface area (Å²) in [5.74, 6) is -1.97. The van der Waals surface area contributed by atoms with E-state index in [0.29, 0.717) is 11.3 Å². The van der Waals surface area contributed by atoms with Gasteiger partial charge in [-0.3, -0.25) is 14.4 Å². The van der Waals surface area contributed by atoms with Gasteiger partial charge in [0.15, 0.2) is 5.96 Å². The number of hydrogen-bond acceptors (Lipinski definition) is 5. The van der Waals surface area contributed by atoms with Crippen molar-refractivity contribution >= 4 is 41.2 Å². The zero-order chi connectivity index (χ0) is 21.9. The summed E-state index contributed by atoms with van der Waals surface area (Å²) in [7, 11) is 0. The highest BCUT2D eigenvalue weighted by Gasteiger charge is 2.16. The first-order valence-corrected chi connectivity index (χ1v) is 9.92. The number of carboxylic acid groups (broad SMARTS) is 1. The van der Waals surface area contributed by atoms with Gasteiger partial charge < -0.3 is 27.2 Å². The summed E-state index contributed by atoms with van der Waals surface area (Å²) < 4.78 is 0. The Morgan fingerprint density at radius 1 is 1.07 bits per heavy atom. The lowest BCUT2D eigenvalue weighted by Crippen LogP contribution is -2.41. The third-order valence-electron chi connectivity index (χ3n) is 3.74. The van der Waals surface area contributed by atoms with E-state index in [2.05, 4.69) is 15.6 Å². The number of thioether (sulfide) groups is 1. The number of hydrogen-bond donors (Lipinski definition) is 5. The average Bonchev–Trinajstić information content (AvgIpc) is 2.70. The van der Waals surface area contributed by atoms with E-state index >= 15 is 0 Å². The van der Waals surface area contributed by atoms with Crippen LogP contribution in [0, 0.1) is 0 Å². The van der Waals surface area contributed by atoms with Gasteiger partial charge in [0.05, 0.1) is 17.6 Å². The van der Waals surface area contributed by atoms with E-state index in [9.17, 15) is 14.4 Å². The fraction of sp³-hybridized carbons (Fsp3) is 0.200. The van der Waals surface area contributed by atoms with E-state index < -0.39 is 23.2 Å². The first-order chi connectivity index (χ1) is 14.3. The third-order valence-corrected chi connectivity index (χ3v) is 4.92. The van der Waals surface area contributed by atoms with E-state index in [1.165, 1.54) is 17.8 Å². The molecule has 0 saturated carbocycles. The van der Waals surface area contributed by atoms with Crippen LogP contribution in [0.1, 0.15) is 23.2 Å². The zero-order valence-electron chi connectivity index (χ0n) is 16.1. The first-order valence-electron chi connectivity index (χ1n) is 9.04. The first kappa shape index (κ1) is 22.8. The molecule has 30 heavy (non-hydrogen) atoms. The van der Waals surface area contributed by atoms with Crippen molar-refractivity contribution in [1.29, 1.82) is 0 Å². The van der Waals surface area contributed by atoms with E-state index in [1.807, 2.05) is 30.3 Å². The predicted molar refractivity (Wildman–Crippen MR) is 115 cm³/mol. The summed E-state index contributed by atoms with van der Waals surface area (Å²) in [5.41, 5.74) is 11.4. The van der Waals surface area contributed by atoms with Crippen molar-refractivity contribution < 1.29 is 19.5 Å². The molecule has 2 rings (SSSR count). The van der Waals surface area contributed by atoms with Crippen molar-refractivity contribution in [3.8, 4) is 0 Å². The van der Waals surface area contributed by atoms with Crippen molar-refractivity contribution in [2.45, 2.75) is 23.1 Å². The predicted octanol–water partition coefficient (Wildman–Crippen LogP) is 1.42. The second kappa shape index (κ2) is 11.5. The van der Waals surface area contributed by atoms with Crippen LogP contribution >= 0.6 is 11.8 Å². The summed E-state index contributed by atoms with van der Waals surface area (Å²) in [5, 5.41) is 13.8. The number of aliphatic imine (C=N–C) groups is 1. The molecule has 0 fully saturated rings. The number of aliphatic carboxylic acids is 1. The number of nitrogens with one attached hydrogen (secondary N) is 2.